The fourth-order valence-corrected chi connectivity index (χ4v) is 2.84. The highest BCUT2D eigenvalue weighted by Crippen LogP contribution is 2.29. The van der Waals surface area contributed by atoms with Crippen LogP contribution in [0.5, 0.6) is 0 Å². The van der Waals surface area contributed by atoms with E-state index in [2.05, 4.69) is 5.10 Å². The van der Waals surface area contributed by atoms with Gasteiger partial charge in [0.25, 0.3) is 0 Å². The van der Waals surface area contributed by atoms with Crippen molar-refractivity contribution in [1.82, 2.24) is 5.01 Å². The summed E-state index contributed by atoms with van der Waals surface area (Å²) in [7, 11) is 0. The van der Waals surface area contributed by atoms with Gasteiger partial charge in [-0.15, -0.1) is 0 Å². The number of anilines is 1. The maximum atomic E-state index is 12.3. The minimum absolute atomic E-state index is 0.0372. The fourth-order valence-electron chi connectivity index (χ4n) is 2.50. The number of amides is 1. The molecule has 0 radical (unpaired) electrons. The van der Waals surface area contributed by atoms with Crippen LogP contribution in [0.3, 0.4) is 0 Å². The van der Waals surface area contributed by atoms with Crippen molar-refractivity contribution in [1.29, 1.82) is 0 Å². The summed E-state index contributed by atoms with van der Waals surface area (Å²) in [4.78, 5) is 12.3. The highest BCUT2D eigenvalue weighted by atomic mass is 35.5. The number of rotatable bonds is 3. The number of halogens is 2. The Labute approximate surface area is 144 Å². The maximum Gasteiger partial charge on any atom is 0.247 e. The average Bonchev–Trinajstić information content (AvgIpc) is 3.02. The van der Waals surface area contributed by atoms with Crippen molar-refractivity contribution in [2.45, 2.75) is 12.8 Å². The van der Waals surface area contributed by atoms with Gasteiger partial charge in [-0.25, -0.2) is 5.01 Å². The molecule has 1 heterocycles. The molecule has 0 saturated heterocycles. The second-order valence-corrected chi connectivity index (χ2v) is 6.14. The molecule has 0 spiro atoms. The smallest absolute Gasteiger partial charge is 0.247 e. The number of hydrogen-bond acceptors (Lipinski definition) is 3. The molecule has 1 aliphatic rings. The molecule has 0 aliphatic carbocycles. The van der Waals surface area contributed by atoms with Gasteiger partial charge in [-0.1, -0.05) is 53.5 Å². The Morgan fingerprint density at radius 3 is 2.61 bits per heavy atom. The van der Waals surface area contributed by atoms with Gasteiger partial charge in [-0.05, 0) is 17.7 Å². The Hall–Kier alpha value is -2.04. The number of nitrogen functional groups attached to an aromatic ring is 1. The van der Waals surface area contributed by atoms with Crippen molar-refractivity contribution in [3.63, 3.8) is 0 Å². The lowest BCUT2D eigenvalue weighted by Gasteiger charge is -2.11. The Balaban J connectivity index is 1.78. The van der Waals surface area contributed by atoms with Crippen molar-refractivity contribution in [3.05, 3.63) is 63.6 Å². The third kappa shape index (κ3) is 3.49. The largest absolute Gasteiger partial charge is 0.398 e. The van der Waals surface area contributed by atoms with Crippen LogP contribution in [0.25, 0.3) is 0 Å². The van der Waals surface area contributed by atoms with Gasteiger partial charge < -0.3 is 5.73 Å². The molecule has 3 rings (SSSR count). The molecule has 0 unspecified atom stereocenters. The molecule has 0 aromatic heterocycles. The highest BCUT2D eigenvalue weighted by Gasteiger charge is 2.23. The quantitative estimate of drug-likeness (QED) is 0.859. The topological polar surface area (TPSA) is 58.7 Å². The molecule has 0 saturated carbocycles. The zero-order valence-corrected chi connectivity index (χ0v) is 13.8. The first kappa shape index (κ1) is 15.8. The Bertz CT molecular complexity index is 775. The normalized spacial score (nSPS) is 14.0. The van der Waals surface area contributed by atoms with E-state index in [1.54, 1.807) is 12.1 Å². The number of carbonyl (C=O) groups excluding carboxylic acids is 1. The van der Waals surface area contributed by atoms with Crippen LogP contribution in [0.4, 0.5) is 5.69 Å². The van der Waals surface area contributed by atoms with E-state index in [0.29, 0.717) is 35.1 Å². The molecule has 0 fully saturated rings. The Morgan fingerprint density at radius 1 is 1.17 bits per heavy atom. The molecule has 0 atom stereocenters. The van der Waals surface area contributed by atoms with Gasteiger partial charge in [0.2, 0.25) is 5.91 Å². The average molecular weight is 348 g/mol. The minimum atomic E-state index is -0.0372. The Kier molecular flexibility index (Phi) is 4.55. The third-order valence-electron chi connectivity index (χ3n) is 3.69. The molecule has 2 N–H and O–H groups in total. The molecule has 0 bridgehead atoms. The lowest BCUT2D eigenvalue weighted by molar-refractivity contribution is -0.130. The molecule has 23 heavy (non-hydrogen) atoms. The van der Waals surface area contributed by atoms with Crippen LogP contribution < -0.4 is 5.73 Å². The predicted molar refractivity (Wildman–Crippen MR) is 93.9 cm³/mol. The van der Waals surface area contributed by atoms with Crippen molar-refractivity contribution in [2.75, 3.05) is 12.3 Å². The van der Waals surface area contributed by atoms with E-state index in [4.69, 9.17) is 28.9 Å². The van der Waals surface area contributed by atoms with Gasteiger partial charge in [-0.3, -0.25) is 4.79 Å². The van der Waals surface area contributed by atoms with Crippen LogP contribution in [-0.4, -0.2) is 23.2 Å². The molecule has 118 valence electrons. The summed E-state index contributed by atoms with van der Waals surface area (Å²) in [6, 6.07) is 12.9. The van der Waals surface area contributed by atoms with Crippen molar-refractivity contribution >= 4 is 40.5 Å². The summed E-state index contributed by atoms with van der Waals surface area (Å²) in [5, 5.41) is 6.72. The number of hydrogen-bond donors (Lipinski definition) is 1. The van der Waals surface area contributed by atoms with E-state index >= 15 is 0 Å². The van der Waals surface area contributed by atoms with E-state index in [9.17, 15) is 4.79 Å². The number of benzene rings is 2. The predicted octanol–water partition coefficient (Wildman–Crippen LogP) is 3.75. The van der Waals surface area contributed by atoms with Gasteiger partial charge >= 0.3 is 0 Å². The molecule has 2 aromatic carbocycles. The van der Waals surface area contributed by atoms with Gasteiger partial charge in [-0.2, -0.15) is 5.10 Å². The van der Waals surface area contributed by atoms with Crippen LogP contribution in [0.15, 0.2) is 47.6 Å². The van der Waals surface area contributed by atoms with Crippen LogP contribution in [0.1, 0.15) is 17.5 Å². The van der Waals surface area contributed by atoms with Gasteiger partial charge in [0, 0.05) is 17.7 Å². The molecular weight excluding hydrogens is 333 g/mol. The second kappa shape index (κ2) is 6.60. The van der Waals surface area contributed by atoms with Crippen molar-refractivity contribution < 1.29 is 4.79 Å². The van der Waals surface area contributed by atoms with E-state index in [1.807, 2.05) is 30.3 Å². The Morgan fingerprint density at radius 2 is 1.87 bits per heavy atom. The van der Waals surface area contributed by atoms with Gasteiger partial charge in [0.15, 0.2) is 0 Å². The lowest BCUT2D eigenvalue weighted by atomic mass is 10.1. The first-order chi connectivity index (χ1) is 11.0. The molecule has 2 aromatic rings. The third-order valence-corrected chi connectivity index (χ3v) is 4.41. The molecule has 1 amide bonds. The monoisotopic (exact) mass is 347 g/mol. The summed E-state index contributed by atoms with van der Waals surface area (Å²) in [5.41, 5.74) is 8.95. The highest BCUT2D eigenvalue weighted by molar-refractivity contribution is 6.42. The fraction of sp³-hybridized carbons (Fsp3) is 0.176. The first-order valence-electron chi connectivity index (χ1n) is 7.21. The maximum absolute atomic E-state index is 12.3. The summed E-state index contributed by atoms with van der Waals surface area (Å²) in [6.07, 6.45) is 0.969. The van der Waals surface area contributed by atoms with Crippen LogP contribution in [-0.2, 0) is 11.2 Å². The van der Waals surface area contributed by atoms with Crippen LogP contribution in [0.2, 0.25) is 10.0 Å². The first-order valence-corrected chi connectivity index (χ1v) is 7.97. The van der Waals surface area contributed by atoms with Crippen LogP contribution in [0, 0.1) is 0 Å². The minimum Gasteiger partial charge on any atom is -0.398 e. The zero-order chi connectivity index (χ0) is 16.4. The van der Waals surface area contributed by atoms with E-state index in [1.165, 1.54) is 5.01 Å². The van der Waals surface area contributed by atoms with Crippen molar-refractivity contribution in [3.8, 4) is 0 Å². The lowest BCUT2D eigenvalue weighted by Crippen LogP contribution is -2.25. The summed E-state index contributed by atoms with van der Waals surface area (Å²) >= 11 is 12.0. The summed E-state index contributed by atoms with van der Waals surface area (Å²) < 4.78 is 0. The molecular formula is C17H15Cl2N3O. The number of carbonyl (C=O) groups is 1. The number of hydrazone groups is 1. The SMILES string of the molecule is Nc1cc(Cl)c(Cl)cc1C1=NN(C(=O)Cc2ccccc2)CC1. The summed E-state index contributed by atoms with van der Waals surface area (Å²) in [5.74, 6) is -0.0372. The van der Waals surface area contributed by atoms with E-state index in [0.717, 1.165) is 16.8 Å². The standard InChI is InChI=1S/C17H15Cl2N3O/c18-13-9-12(15(20)10-14(13)19)16-6-7-22(21-16)17(23)8-11-4-2-1-3-5-11/h1-5,9-10H,6-8,20H2. The second-order valence-electron chi connectivity index (χ2n) is 5.33. The number of nitrogens with zero attached hydrogens (tertiary/aromatic N) is 2. The molecule has 4 nitrogen and oxygen atoms in total. The van der Waals surface area contributed by atoms with Crippen molar-refractivity contribution in [2.24, 2.45) is 5.10 Å². The molecule has 1 aliphatic heterocycles. The molecule has 6 heteroatoms. The summed E-state index contributed by atoms with van der Waals surface area (Å²) in [6.45, 7) is 0.542. The van der Waals surface area contributed by atoms with E-state index in [-0.39, 0.29) is 5.91 Å². The van der Waals surface area contributed by atoms with E-state index < -0.39 is 0 Å². The van der Waals surface area contributed by atoms with Crippen LogP contribution >= 0.6 is 23.2 Å². The number of nitrogens with two attached hydrogens (primary N) is 1. The van der Waals surface area contributed by atoms with Gasteiger partial charge in [0.1, 0.15) is 0 Å². The van der Waals surface area contributed by atoms with Gasteiger partial charge in [0.05, 0.1) is 28.7 Å². The zero-order valence-electron chi connectivity index (χ0n) is 12.3.